The summed E-state index contributed by atoms with van der Waals surface area (Å²) in [7, 11) is 0. The summed E-state index contributed by atoms with van der Waals surface area (Å²) in [6.07, 6.45) is 8.86. The minimum Gasteiger partial charge on any atom is -0.296 e. The number of hydrogen-bond donors (Lipinski definition) is 0. The minimum atomic E-state index is 0.265. The Labute approximate surface area is 95.5 Å². The zero-order valence-corrected chi connectivity index (χ0v) is 9.67. The number of fused-ring (bicyclic) bond motifs is 2. The van der Waals surface area contributed by atoms with Crippen LogP contribution >= 0.6 is 0 Å². The average molecular weight is 218 g/mol. The topological polar surface area (TPSA) is 34.9 Å². The van der Waals surface area contributed by atoms with Gasteiger partial charge in [-0.25, -0.2) is 4.98 Å². The molecule has 1 aromatic heterocycles. The third-order valence-electron chi connectivity index (χ3n) is 3.80. The summed E-state index contributed by atoms with van der Waals surface area (Å²) in [5.74, 6) is 1.04. The lowest BCUT2D eigenvalue weighted by atomic mass is 10.1. The maximum Gasteiger partial charge on any atom is 0.256 e. The Hall–Kier alpha value is -1.12. The van der Waals surface area contributed by atoms with Crippen molar-refractivity contribution in [3.8, 4) is 0 Å². The van der Waals surface area contributed by atoms with Crippen molar-refractivity contribution in [2.24, 2.45) is 0 Å². The fourth-order valence-corrected chi connectivity index (χ4v) is 2.89. The van der Waals surface area contributed by atoms with E-state index < -0.39 is 0 Å². The SMILES string of the molecule is O=c1c2c(nc3n1CCCC3)CCCCC2. The molecule has 0 fully saturated rings. The molecule has 16 heavy (non-hydrogen) atoms. The molecule has 1 aliphatic carbocycles. The maximum atomic E-state index is 12.3. The second-order valence-electron chi connectivity index (χ2n) is 4.93. The lowest BCUT2D eigenvalue weighted by Crippen LogP contribution is -2.32. The van der Waals surface area contributed by atoms with Gasteiger partial charge in [0, 0.05) is 18.5 Å². The van der Waals surface area contributed by atoms with E-state index in [0.717, 1.165) is 55.7 Å². The van der Waals surface area contributed by atoms with Crippen LogP contribution in [0.2, 0.25) is 0 Å². The van der Waals surface area contributed by atoms with E-state index in [9.17, 15) is 4.79 Å². The van der Waals surface area contributed by atoms with Crippen LogP contribution in [-0.2, 0) is 25.8 Å². The van der Waals surface area contributed by atoms with E-state index in [4.69, 9.17) is 4.98 Å². The van der Waals surface area contributed by atoms with E-state index in [1.165, 1.54) is 19.3 Å². The van der Waals surface area contributed by atoms with E-state index in [0.29, 0.717) is 0 Å². The van der Waals surface area contributed by atoms with Crippen LogP contribution in [0.1, 0.15) is 49.2 Å². The molecule has 86 valence electrons. The number of rotatable bonds is 0. The molecule has 2 aliphatic rings. The fourth-order valence-electron chi connectivity index (χ4n) is 2.89. The molecule has 0 atom stereocenters. The van der Waals surface area contributed by atoms with Crippen molar-refractivity contribution in [1.82, 2.24) is 9.55 Å². The summed E-state index contributed by atoms with van der Waals surface area (Å²) in [5.41, 5.74) is 2.39. The molecule has 0 radical (unpaired) electrons. The van der Waals surface area contributed by atoms with Crippen molar-refractivity contribution < 1.29 is 0 Å². The molecule has 3 rings (SSSR count). The van der Waals surface area contributed by atoms with E-state index in [1.807, 2.05) is 4.57 Å². The van der Waals surface area contributed by atoms with Crippen LogP contribution in [0.5, 0.6) is 0 Å². The van der Waals surface area contributed by atoms with Crippen molar-refractivity contribution in [2.45, 2.75) is 57.9 Å². The number of hydrogen-bond acceptors (Lipinski definition) is 2. The Morgan fingerprint density at radius 3 is 2.69 bits per heavy atom. The highest BCUT2D eigenvalue weighted by Crippen LogP contribution is 2.18. The third-order valence-corrected chi connectivity index (χ3v) is 3.80. The van der Waals surface area contributed by atoms with Crippen molar-refractivity contribution in [2.75, 3.05) is 0 Å². The molecule has 0 aromatic carbocycles. The first-order valence-corrected chi connectivity index (χ1v) is 6.48. The van der Waals surface area contributed by atoms with Gasteiger partial charge in [0.2, 0.25) is 0 Å². The first kappa shape index (κ1) is 10.1. The molecule has 0 amide bonds. The first-order valence-electron chi connectivity index (χ1n) is 6.48. The van der Waals surface area contributed by atoms with Gasteiger partial charge >= 0.3 is 0 Å². The molecule has 2 heterocycles. The van der Waals surface area contributed by atoms with Crippen molar-refractivity contribution >= 4 is 0 Å². The average Bonchev–Trinajstić information content (AvgIpc) is 2.55. The van der Waals surface area contributed by atoms with Crippen LogP contribution in [0.4, 0.5) is 0 Å². The fraction of sp³-hybridized carbons (Fsp3) is 0.692. The number of aryl methyl sites for hydroxylation is 2. The summed E-state index contributed by atoms with van der Waals surface area (Å²) >= 11 is 0. The predicted molar refractivity (Wildman–Crippen MR) is 62.7 cm³/mol. The van der Waals surface area contributed by atoms with Crippen LogP contribution in [0.15, 0.2) is 4.79 Å². The number of nitrogens with zero attached hydrogens (tertiary/aromatic N) is 2. The third kappa shape index (κ3) is 1.58. The standard InChI is InChI=1S/C13H18N2O/c16-13-10-6-2-1-3-7-11(10)14-12-8-4-5-9-15(12)13/h1-9H2. The quantitative estimate of drug-likeness (QED) is 0.623. The van der Waals surface area contributed by atoms with Gasteiger partial charge in [0.1, 0.15) is 5.82 Å². The number of aromatic nitrogens is 2. The van der Waals surface area contributed by atoms with Crippen molar-refractivity contribution in [3.63, 3.8) is 0 Å². The van der Waals surface area contributed by atoms with E-state index >= 15 is 0 Å². The minimum absolute atomic E-state index is 0.265. The predicted octanol–water partition coefficient (Wildman–Crippen LogP) is 1.85. The zero-order valence-electron chi connectivity index (χ0n) is 9.67. The maximum absolute atomic E-state index is 12.3. The van der Waals surface area contributed by atoms with Gasteiger partial charge in [-0.15, -0.1) is 0 Å². The molecule has 0 N–H and O–H groups in total. The molecule has 3 nitrogen and oxygen atoms in total. The van der Waals surface area contributed by atoms with Crippen molar-refractivity contribution in [3.05, 3.63) is 27.4 Å². The van der Waals surface area contributed by atoms with Gasteiger partial charge in [0.05, 0.1) is 5.69 Å². The molecule has 0 saturated heterocycles. The van der Waals surface area contributed by atoms with Gasteiger partial charge in [-0.05, 0) is 38.5 Å². The van der Waals surface area contributed by atoms with E-state index in [1.54, 1.807) is 0 Å². The highest BCUT2D eigenvalue weighted by atomic mass is 16.1. The molecule has 1 aliphatic heterocycles. The van der Waals surface area contributed by atoms with Gasteiger partial charge in [-0.1, -0.05) is 6.42 Å². The van der Waals surface area contributed by atoms with Gasteiger partial charge in [0.25, 0.3) is 5.56 Å². The molecule has 0 spiro atoms. The van der Waals surface area contributed by atoms with Crippen LogP contribution in [-0.4, -0.2) is 9.55 Å². The van der Waals surface area contributed by atoms with Gasteiger partial charge < -0.3 is 0 Å². The molecule has 1 aromatic rings. The summed E-state index contributed by atoms with van der Waals surface area (Å²) in [6, 6.07) is 0. The normalized spacial score (nSPS) is 19.8. The van der Waals surface area contributed by atoms with Gasteiger partial charge in [0.15, 0.2) is 0 Å². The van der Waals surface area contributed by atoms with E-state index in [2.05, 4.69) is 0 Å². The van der Waals surface area contributed by atoms with Crippen LogP contribution in [0.25, 0.3) is 0 Å². The van der Waals surface area contributed by atoms with Crippen LogP contribution < -0.4 is 5.56 Å². The highest BCUT2D eigenvalue weighted by molar-refractivity contribution is 5.21. The molecule has 0 unspecified atom stereocenters. The second kappa shape index (κ2) is 4.04. The smallest absolute Gasteiger partial charge is 0.256 e. The lowest BCUT2D eigenvalue weighted by molar-refractivity contribution is 0.488. The van der Waals surface area contributed by atoms with Gasteiger partial charge in [-0.3, -0.25) is 9.36 Å². The monoisotopic (exact) mass is 218 g/mol. The summed E-state index contributed by atoms with van der Waals surface area (Å²) in [4.78, 5) is 17.1. The lowest BCUT2D eigenvalue weighted by Gasteiger charge is -2.19. The van der Waals surface area contributed by atoms with Gasteiger partial charge in [-0.2, -0.15) is 0 Å². The Kier molecular flexibility index (Phi) is 2.54. The Bertz CT molecular complexity index is 462. The van der Waals surface area contributed by atoms with Crippen LogP contribution in [0.3, 0.4) is 0 Å². The molecule has 0 saturated carbocycles. The van der Waals surface area contributed by atoms with Crippen LogP contribution in [0, 0.1) is 0 Å². The summed E-state index contributed by atoms with van der Waals surface area (Å²) < 4.78 is 1.92. The first-order chi connectivity index (χ1) is 7.86. The van der Waals surface area contributed by atoms with E-state index in [-0.39, 0.29) is 5.56 Å². The molecule has 0 bridgehead atoms. The Balaban J connectivity index is 2.16. The summed E-state index contributed by atoms with van der Waals surface area (Å²) in [6.45, 7) is 0.883. The Morgan fingerprint density at radius 1 is 0.938 bits per heavy atom. The molecular weight excluding hydrogens is 200 g/mol. The highest BCUT2D eigenvalue weighted by Gasteiger charge is 2.19. The van der Waals surface area contributed by atoms with Crippen molar-refractivity contribution in [1.29, 1.82) is 0 Å². The molecule has 3 heteroatoms. The largest absolute Gasteiger partial charge is 0.296 e. The summed E-state index contributed by atoms with van der Waals surface area (Å²) in [5, 5.41) is 0. The zero-order chi connectivity index (χ0) is 11.0. The second-order valence-corrected chi connectivity index (χ2v) is 4.93. The Morgan fingerprint density at radius 2 is 1.75 bits per heavy atom. The molecular formula is C13H18N2O.